The van der Waals surface area contributed by atoms with Gasteiger partial charge in [0.1, 0.15) is 17.5 Å². The van der Waals surface area contributed by atoms with Crippen molar-refractivity contribution in [1.82, 2.24) is 4.90 Å². The third-order valence-electron chi connectivity index (χ3n) is 4.23. The number of halogens is 3. The highest BCUT2D eigenvalue weighted by atomic mass is 19.1. The Bertz CT molecular complexity index is 766. The SMILES string of the molecule is O=C(c1cccc(F)c1)N1CCCC(OCc2ccc(F)cc2F)C1. The molecule has 0 bridgehead atoms. The van der Waals surface area contributed by atoms with Gasteiger partial charge in [0.2, 0.25) is 0 Å². The van der Waals surface area contributed by atoms with Gasteiger partial charge in [0.15, 0.2) is 0 Å². The Balaban J connectivity index is 1.60. The van der Waals surface area contributed by atoms with Gasteiger partial charge in [-0.25, -0.2) is 13.2 Å². The third kappa shape index (κ3) is 4.39. The first-order valence-corrected chi connectivity index (χ1v) is 8.13. The fourth-order valence-electron chi connectivity index (χ4n) is 2.91. The summed E-state index contributed by atoms with van der Waals surface area (Å²) in [7, 11) is 0. The van der Waals surface area contributed by atoms with Gasteiger partial charge in [0.25, 0.3) is 5.91 Å². The lowest BCUT2D eigenvalue weighted by atomic mass is 10.1. The van der Waals surface area contributed by atoms with Crippen molar-refractivity contribution in [3.63, 3.8) is 0 Å². The highest BCUT2D eigenvalue weighted by Gasteiger charge is 2.25. The highest BCUT2D eigenvalue weighted by Crippen LogP contribution is 2.19. The van der Waals surface area contributed by atoms with Crippen molar-refractivity contribution in [2.24, 2.45) is 0 Å². The van der Waals surface area contributed by atoms with E-state index in [1.54, 1.807) is 11.0 Å². The van der Waals surface area contributed by atoms with Gasteiger partial charge in [-0.3, -0.25) is 4.79 Å². The normalized spacial score (nSPS) is 17.6. The first kappa shape index (κ1) is 17.5. The third-order valence-corrected chi connectivity index (χ3v) is 4.23. The predicted octanol–water partition coefficient (Wildman–Crippen LogP) is 3.93. The summed E-state index contributed by atoms with van der Waals surface area (Å²) in [6.07, 6.45) is 1.25. The average molecular weight is 349 g/mol. The molecule has 2 aromatic carbocycles. The minimum absolute atomic E-state index is 0.0127. The molecule has 0 aromatic heterocycles. The first-order chi connectivity index (χ1) is 12.0. The molecule has 1 unspecified atom stereocenters. The number of rotatable bonds is 4. The molecule has 0 spiro atoms. The van der Waals surface area contributed by atoms with E-state index in [4.69, 9.17) is 4.74 Å². The van der Waals surface area contributed by atoms with Gasteiger partial charge >= 0.3 is 0 Å². The number of piperidine rings is 1. The molecule has 2 aromatic rings. The fraction of sp³-hybridized carbons (Fsp3) is 0.316. The summed E-state index contributed by atoms with van der Waals surface area (Å²) in [6, 6.07) is 8.92. The number of hydrogen-bond donors (Lipinski definition) is 0. The molecule has 1 amide bonds. The molecule has 1 aliphatic rings. The zero-order chi connectivity index (χ0) is 17.8. The molecule has 1 fully saturated rings. The van der Waals surface area contributed by atoms with Crippen LogP contribution >= 0.6 is 0 Å². The van der Waals surface area contributed by atoms with Crippen LogP contribution in [0.15, 0.2) is 42.5 Å². The van der Waals surface area contributed by atoms with Gasteiger partial charge in [-0.15, -0.1) is 0 Å². The standard InChI is InChI=1S/C19H18F3NO2/c20-15-4-1-3-13(9-15)19(24)23-8-2-5-17(11-23)25-12-14-6-7-16(21)10-18(14)22/h1,3-4,6-7,9-10,17H,2,5,8,11-12H2. The van der Waals surface area contributed by atoms with Crippen molar-refractivity contribution in [3.05, 3.63) is 71.0 Å². The number of hydrogen-bond acceptors (Lipinski definition) is 2. The lowest BCUT2D eigenvalue weighted by molar-refractivity contribution is -0.00765. The minimum atomic E-state index is -0.650. The number of likely N-dealkylation sites (tertiary alicyclic amines) is 1. The van der Waals surface area contributed by atoms with Crippen LogP contribution in [-0.4, -0.2) is 30.0 Å². The molecular weight excluding hydrogens is 331 g/mol. The highest BCUT2D eigenvalue weighted by molar-refractivity contribution is 5.94. The topological polar surface area (TPSA) is 29.5 Å². The number of nitrogens with zero attached hydrogens (tertiary/aromatic N) is 1. The van der Waals surface area contributed by atoms with Gasteiger partial charge < -0.3 is 9.64 Å². The summed E-state index contributed by atoms with van der Waals surface area (Å²) in [5.41, 5.74) is 0.570. The van der Waals surface area contributed by atoms with E-state index in [0.717, 1.165) is 18.9 Å². The van der Waals surface area contributed by atoms with Gasteiger partial charge in [-0.2, -0.15) is 0 Å². The molecule has 25 heavy (non-hydrogen) atoms. The van der Waals surface area contributed by atoms with Crippen LogP contribution in [0.5, 0.6) is 0 Å². The number of amides is 1. The van der Waals surface area contributed by atoms with Gasteiger partial charge in [0.05, 0.1) is 12.7 Å². The number of benzene rings is 2. The molecule has 1 saturated heterocycles. The van der Waals surface area contributed by atoms with Crippen molar-refractivity contribution in [2.45, 2.75) is 25.6 Å². The molecule has 0 aliphatic carbocycles. The summed E-state index contributed by atoms with van der Waals surface area (Å²) in [5, 5.41) is 0. The molecule has 0 N–H and O–H groups in total. The summed E-state index contributed by atoms with van der Waals surface area (Å²) in [4.78, 5) is 14.1. The number of carbonyl (C=O) groups excluding carboxylic acids is 1. The van der Waals surface area contributed by atoms with Gasteiger partial charge in [0, 0.05) is 30.3 Å². The maximum Gasteiger partial charge on any atom is 0.254 e. The van der Waals surface area contributed by atoms with Crippen molar-refractivity contribution in [3.8, 4) is 0 Å². The van der Waals surface area contributed by atoms with E-state index in [0.29, 0.717) is 18.7 Å². The van der Waals surface area contributed by atoms with E-state index in [1.807, 2.05) is 0 Å². The Labute approximate surface area is 144 Å². The van der Waals surface area contributed by atoms with Gasteiger partial charge in [-0.05, 0) is 37.1 Å². The molecule has 3 rings (SSSR count). The second kappa shape index (κ2) is 7.70. The number of carbonyl (C=O) groups is 1. The van der Waals surface area contributed by atoms with Crippen LogP contribution in [0.25, 0.3) is 0 Å². The lowest BCUT2D eigenvalue weighted by Crippen LogP contribution is -2.43. The smallest absolute Gasteiger partial charge is 0.254 e. The van der Waals surface area contributed by atoms with Crippen molar-refractivity contribution < 1.29 is 22.7 Å². The van der Waals surface area contributed by atoms with Crippen LogP contribution in [-0.2, 0) is 11.3 Å². The van der Waals surface area contributed by atoms with Crippen LogP contribution < -0.4 is 0 Å². The maximum absolute atomic E-state index is 13.6. The molecule has 1 atom stereocenters. The molecule has 0 radical (unpaired) electrons. The second-order valence-corrected chi connectivity index (χ2v) is 6.07. The molecule has 132 valence electrons. The van der Waals surface area contributed by atoms with E-state index < -0.39 is 17.5 Å². The average Bonchev–Trinajstić information content (AvgIpc) is 2.60. The molecule has 3 nitrogen and oxygen atoms in total. The second-order valence-electron chi connectivity index (χ2n) is 6.07. The molecule has 1 aliphatic heterocycles. The first-order valence-electron chi connectivity index (χ1n) is 8.13. The Kier molecular flexibility index (Phi) is 5.38. The van der Waals surface area contributed by atoms with E-state index in [2.05, 4.69) is 0 Å². The summed E-state index contributed by atoms with van der Waals surface area (Å²) in [5.74, 6) is -1.99. The monoisotopic (exact) mass is 349 g/mol. The largest absolute Gasteiger partial charge is 0.372 e. The zero-order valence-electron chi connectivity index (χ0n) is 13.6. The van der Waals surface area contributed by atoms with E-state index >= 15 is 0 Å². The van der Waals surface area contributed by atoms with Crippen LogP contribution in [0, 0.1) is 17.5 Å². The lowest BCUT2D eigenvalue weighted by Gasteiger charge is -2.32. The molecular formula is C19H18F3NO2. The molecule has 0 saturated carbocycles. The Morgan fingerprint density at radius 3 is 2.68 bits per heavy atom. The number of ether oxygens (including phenoxy) is 1. The maximum atomic E-state index is 13.6. The van der Waals surface area contributed by atoms with Crippen molar-refractivity contribution >= 4 is 5.91 Å². The predicted molar refractivity (Wildman–Crippen MR) is 86.5 cm³/mol. The van der Waals surface area contributed by atoms with E-state index in [-0.39, 0.29) is 24.2 Å². The van der Waals surface area contributed by atoms with Crippen molar-refractivity contribution in [1.29, 1.82) is 0 Å². The molecule has 6 heteroatoms. The minimum Gasteiger partial charge on any atom is -0.372 e. The quantitative estimate of drug-likeness (QED) is 0.837. The van der Waals surface area contributed by atoms with Crippen molar-refractivity contribution in [2.75, 3.05) is 13.1 Å². The van der Waals surface area contributed by atoms with Crippen LogP contribution in [0.4, 0.5) is 13.2 Å². The summed E-state index contributed by atoms with van der Waals surface area (Å²) < 4.78 is 45.6. The molecule has 1 heterocycles. The Hall–Kier alpha value is -2.34. The fourth-order valence-corrected chi connectivity index (χ4v) is 2.91. The van der Waals surface area contributed by atoms with Crippen LogP contribution in [0.1, 0.15) is 28.8 Å². The Morgan fingerprint density at radius 2 is 1.92 bits per heavy atom. The summed E-state index contributed by atoms with van der Waals surface area (Å²) in [6.45, 7) is 0.942. The zero-order valence-corrected chi connectivity index (χ0v) is 13.6. The summed E-state index contributed by atoms with van der Waals surface area (Å²) >= 11 is 0. The Morgan fingerprint density at radius 1 is 1.12 bits per heavy atom. The van der Waals surface area contributed by atoms with E-state index in [9.17, 15) is 18.0 Å². The van der Waals surface area contributed by atoms with Crippen LogP contribution in [0.3, 0.4) is 0 Å². The van der Waals surface area contributed by atoms with E-state index in [1.165, 1.54) is 30.3 Å². The van der Waals surface area contributed by atoms with Crippen LogP contribution in [0.2, 0.25) is 0 Å². The van der Waals surface area contributed by atoms with Gasteiger partial charge in [-0.1, -0.05) is 12.1 Å².